The van der Waals surface area contributed by atoms with Crippen molar-refractivity contribution in [1.82, 2.24) is 0 Å². The van der Waals surface area contributed by atoms with E-state index in [1.54, 1.807) is 12.1 Å². The second-order valence-electron chi connectivity index (χ2n) is 6.38. The van der Waals surface area contributed by atoms with Crippen molar-refractivity contribution in [3.8, 4) is 0 Å². The van der Waals surface area contributed by atoms with E-state index in [9.17, 15) is 9.59 Å². The summed E-state index contributed by atoms with van der Waals surface area (Å²) in [5.74, 6) is -0.889. The van der Waals surface area contributed by atoms with E-state index < -0.39 is 5.97 Å². The Morgan fingerprint density at radius 1 is 1.24 bits per heavy atom. The Labute approximate surface area is 154 Å². The summed E-state index contributed by atoms with van der Waals surface area (Å²) in [5.41, 5.74) is 2.81. The number of halogens is 1. The molecule has 25 heavy (non-hydrogen) atoms. The Kier molecular flexibility index (Phi) is 4.56. The van der Waals surface area contributed by atoms with E-state index >= 15 is 0 Å². The van der Waals surface area contributed by atoms with Crippen molar-refractivity contribution < 1.29 is 18.7 Å². The Balaban J connectivity index is 1.72. The van der Waals surface area contributed by atoms with E-state index in [-0.39, 0.29) is 23.6 Å². The van der Waals surface area contributed by atoms with E-state index in [1.165, 1.54) is 6.07 Å². The van der Waals surface area contributed by atoms with Crippen LogP contribution in [0.4, 0.5) is 5.69 Å². The summed E-state index contributed by atoms with van der Waals surface area (Å²) in [6.45, 7) is 3.81. The summed E-state index contributed by atoms with van der Waals surface area (Å²) in [7, 11) is 1.93. The third kappa shape index (κ3) is 3.26. The van der Waals surface area contributed by atoms with Gasteiger partial charge in [0.1, 0.15) is 0 Å². The molecule has 0 saturated heterocycles. The number of para-hydroxylation sites is 1. The molecule has 0 unspecified atom stereocenters. The fourth-order valence-electron chi connectivity index (χ4n) is 3.08. The molecule has 3 rings (SSSR count). The fraction of sp³-hybridized carbons (Fsp3) is 0.263. The van der Waals surface area contributed by atoms with Gasteiger partial charge in [0.05, 0.1) is 0 Å². The molecule has 1 aromatic heterocycles. The van der Waals surface area contributed by atoms with Crippen molar-refractivity contribution in [2.45, 2.75) is 19.3 Å². The molecule has 0 atom stereocenters. The highest BCUT2D eigenvalue weighted by Crippen LogP contribution is 2.46. The van der Waals surface area contributed by atoms with Gasteiger partial charge in [0, 0.05) is 29.9 Å². The third-order valence-corrected chi connectivity index (χ3v) is 4.78. The topological polar surface area (TPSA) is 59.8 Å². The number of hydrogen-bond acceptors (Lipinski definition) is 5. The van der Waals surface area contributed by atoms with Crippen molar-refractivity contribution in [2.75, 3.05) is 18.6 Å². The molecule has 1 aliphatic heterocycles. The van der Waals surface area contributed by atoms with Crippen LogP contribution in [0.2, 0.25) is 0 Å². The van der Waals surface area contributed by atoms with Crippen LogP contribution in [-0.4, -0.2) is 25.4 Å². The maximum atomic E-state index is 12.3. The molecule has 0 saturated carbocycles. The number of carbonyl (C=O) groups excluding carboxylic acids is 2. The fourth-order valence-corrected chi connectivity index (χ4v) is 3.39. The molecule has 2 aromatic rings. The third-order valence-electron chi connectivity index (χ3n) is 4.36. The number of furan rings is 1. The largest absolute Gasteiger partial charge is 0.451 e. The molecule has 6 heteroatoms. The van der Waals surface area contributed by atoms with Gasteiger partial charge in [-0.3, -0.25) is 4.79 Å². The zero-order chi connectivity index (χ0) is 18.2. The second-order valence-corrected chi connectivity index (χ2v) is 7.16. The van der Waals surface area contributed by atoms with Crippen LogP contribution in [0.5, 0.6) is 0 Å². The molecule has 1 aliphatic rings. The lowest BCUT2D eigenvalue weighted by molar-refractivity contribution is -0.117. The number of ether oxygens (including phenoxy) is 1. The van der Waals surface area contributed by atoms with Crippen LogP contribution in [0.1, 0.15) is 30.0 Å². The van der Waals surface area contributed by atoms with E-state index in [4.69, 9.17) is 9.15 Å². The van der Waals surface area contributed by atoms with Gasteiger partial charge in [-0.05, 0) is 39.7 Å². The van der Waals surface area contributed by atoms with E-state index in [0.29, 0.717) is 4.67 Å². The minimum Gasteiger partial charge on any atom is -0.451 e. The lowest BCUT2D eigenvalue weighted by Gasteiger charge is -2.23. The molecule has 5 nitrogen and oxygen atoms in total. The zero-order valence-electron chi connectivity index (χ0n) is 14.2. The molecule has 0 radical (unpaired) electrons. The summed E-state index contributed by atoms with van der Waals surface area (Å²) >= 11 is 3.12. The number of hydrogen-bond donors (Lipinski definition) is 0. The van der Waals surface area contributed by atoms with Crippen LogP contribution in [0.15, 0.2) is 57.3 Å². The smallest absolute Gasteiger partial charge is 0.374 e. The molecule has 0 amide bonds. The van der Waals surface area contributed by atoms with Crippen LogP contribution in [0.3, 0.4) is 0 Å². The summed E-state index contributed by atoms with van der Waals surface area (Å²) in [4.78, 5) is 26.2. The molecule has 1 aromatic carbocycles. The van der Waals surface area contributed by atoms with Crippen LogP contribution in [0, 0.1) is 0 Å². The Bertz CT molecular complexity index is 866. The predicted octanol–water partition coefficient (Wildman–Crippen LogP) is 4.08. The maximum absolute atomic E-state index is 12.3. The molecule has 130 valence electrons. The monoisotopic (exact) mass is 403 g/mol. The number of rotatable bonds is 4. The zero-order valence-corrected chi connectivity index (χ0v) is 15.8. The lowest BCUT2D eigenvalue weighted by Crippen LogP contribution is -2.25. The first-order valence-electron chi connectivity index (χ1n) is 7.81. The second kappa shape index (κ2) is 6.52. The van der Waals surface area contributed by atoms with Crippen molar-refractivity contribution in [2.24, 2.45) is 0 Å². The van der Waals surface area contributed by atoms with Gasteiger partial charge < -0.3 is 14.1 Å². The summed E-state index contributed by atoms with van der Waals surface area (Å²) in [6, 6.07) is 11.1. The quantitative estimate of drug-likeness (QED) is 0.568. The number of anilines is 1. The minimum atomic E-state index is -0.667. The molecular weight excluding hydrogens is 386 g/mol. The van der Waals surface area contributed by atoms with Gasteiger partial charge in [0.15, 0.2) is 17.1 Å². The van der Waals surface area contributed by atoms with Crippen molar-refractivity contribution in [3.05, 3.63) is 64.2 Å². The van der Waals surface area contributed by atoms with Gasteiger partial charge in [0.25, 0.3) is 0 Å². The van der Waals surface area contributed by atoms with Crippen LogP contribution >= 0.6 is 15.9 Å². The Hall–Kier alpha value is -2.34. The highest BCUT2D eigenvalue weighted by molar-refractivity contribution is 9.10. The average Bonchev–Trinajstić information content (AvgIpc) is 3.09. The highest BCUT2D eigenvalue weighted by atomic mass is 79.9. The normalized spacial score (nSPS) is 16.8. The van der Waals surface area contributed by atoms with Gasteiger partial charge in [0.2, 0.25) is 5.76 Å². The van der Waals surface area contributed by atoms with Gasteiger partial charge in [-0.25, -0.2) is 4.79 Å². The summed E-state index contributed by atoms with van der Waals surface area (Å²) in [6.07, 6.45) is 1.55. The molecule has 2 heterocycles. The first kappa shape index (κ1) is 17.5. The Morgan fingerprint density at radius 2 is 1.96 bits per heavy atom. The molecular formula is C19H18BrNO4. The molecule has 0 spiro atoms. The molecule has 0 bridgehead atoms. The van der Waals surface area contributed by atoms with Crippen LogP contribution < -0.4 is 4.90 Å². The number of likely N-dealkylation sites (N-methyl/N-ethyl adjacent to an activating group) is 1. The average molecular weight is 404 g/mol. The summed E-state index contributed by atoms with van der Waals surface area (Å²) < 4.78 is 10.6. The van der Waals surface area contributed by atoms with Crippen molar-refractivity contribution >= 4 is 33.4 Å². The number of benzene rings is 1. The number of carbonyl (C=O) groups is 2. The standard InChI is InChI=1S/C19H18BrNO4/c1-19(2)13-6-4-5-7-14(13)21(3)16(19)10-12(22)11-24-18(23)15-8-9-17(20)25-15/h4-10H,11H2,1-3H3. The number of allylic oxidation sites excluding steroid dienone is 1. The van der Waals surface area contributed by atoms with E-state index in [0.717, 1.165) is 16.9 Å². The molecule has 0 aliphatic carbocycles. The lowest BCUT2D eigenvalue weighted by atomic mass is 9.83. The van der Waals surface area contributed by atoms with Gasteiger partial charge in [-0.15, -0.1) is 0 Å². The van der Waals surface area contributed by atoms with Crippen LogP contribution in [0.25, 0.3) is 0 Å². The van der Waals surface area contributed by atoms with Gasteiger partial charge >= 0.3 is 5.97 Å². The number of esters is 1. The van der Waals surface area contributed by atoms with E-state index in [2.05, 4.69) is 35.8 Å². The first-order valence-corrected chi connectivity index (χ1v) is 8.60. The number of nitrogens with zero attached hydrogens (tertiary/aromatic N) is 1. The van der Waals surface area contributed by atoms with E-state index in [1.807, 2.05) is 30.1 Å². The van der Waals surface area contributed by atoms with Crippen molar-refractivity contribution in [1.29, 1.82) is 0 Å². The minimum absolute atomic E-state index is 0.0537. The number of fused-ring (bicyclic) bond motifs is 1. The van der Waals surface area contributed by atoms with Gasteiger partial charge in [-0.2, -0.15) is 0 Å². The van der Waals surface area contributed by atoms with Crippen molar-refractivity contribution in [3.63, 3.8) is 0 Å². The molecule has 0 fully saturated rings. The number of ketones is 1. The summed E-state index contributed by atoms with van der Waals surface area (Å²) in [5, 5.41) is 0. The SMILES string of the molecule is CN1C(=CC(=O)COC(=O)c2ccc(Br)o2)C(C)(C)c2ccccc21. The predicted molar refractivity (Wildman–Crippen MR) is 97.7 cm³/mol. The maximum Gasteiger partial charge on any atom is 0.374 e. The van der Waals surface area contributed by atoms with Crippen LogP contribution in [-0.2, 0) is 14.9 Å². The Morgan fingerprint density at radius 3 is 2.60 bits per heavy atom. The molecule has 0 N–H and O–H groups in total. The van der Waals surface area contributed by atoms with Gasteiger partial charge in [-0.1, -0.05) is 32.0 Å². The first-order chi connectivity index (χ1) is 11.8. The highest BCUT2D eigenvalue weighted by Gasteiger charge is 2.38.